The second kappa shape index (κ2) is 8.67. The zero-order chi connectivity index (χ0) is 23.0. The summed E-state index contributed by atoms with van der Waals surface area (Å²) in [4.78, 5) is 28.2. The molecule has 32 heavy (non-hydrogen) atoms. The van der Waals surface area contributed by atoms with Crippen LogP contribution in [0.5, 0.6) is 0 Å². The topological polar surface area (TPSA) is 60.8 Å². The molecule has 1 atom stereocenters. The van der Waals surface area contributed by atoms with Gasteiger partial charge >= 0.3 is 6.09 Å². The lowest BCUT2D eigenvalue weighted by Crippen LogP contribution is -2.43. The molecule has 1 aliphatic heterocycles. The number of morpholine rings is 1. The largest absolute Gasteiger partial charge is 0.443 e. The van der Waals surface area contributed by atoms with E-state index in [1.165, 1.54) is 16.8 Å². The molecule has 0 bridgehead atoms. The highest BCUT2D eigenvalue weighted by Crippen LogP contribution is 2.32. The summed E-state index contributed by atoms with van der Waals surface area (Å²) in [6, 6.07) is 11.2. The average molecular weight is 503 g/mol. The minimum absolute atomic E-state index is 0.197. The van der Waals surface area contributed by atoms with Crippen LogP contribution in [0.3, 0.4) is 0 Å². The number of benzene rings is 2. The van der Waals surface area contributed by atoms with Crippen molar-refractivity contribution in [2.45, 2.75) is 32.4 Å². The molecule has 0 aliphatic carbocycles. The Bertz CT molecular complexity index is 1180. The maximum Gasteiger partial charge on any atom is 0.419 e. The first-order chi connectivity index (χ1) is 15.2. The lowest BCUT2D eigenvalue weighted by atomic mass is 10.0. The first-order valence-corrected chi connectivity index (χ1v) is 11.1. The highest BCUT2D eigenvalue weighted by molar-refractivity contribution is 9.10. The van der Waals surface area contributed by atoms with E-state index in [1.54, 1.807) is 56.0 Å². The van der Waals surface area contributed by atoms with Crippen molar-refractivity contribution in [1.82, 2.24) is 9.47 Å². The Labute approximate surface area is 194 Å². The lowest BCUT2D eigenvalue weighted by molar-refractivity contribution is -0.00353. The van der Waals surface area contributed by atoms with Crippen LogP contribution in [0.1, 0.15) is 42.7 Å². The summed E-state index contributed by atoms with van der Waals surface area (Å²) in [6.45, 7) is 6.21. The van der Waals surface area contributed by atoms with Crippen molar-refractivity contribution in [1.29, 1.82) is 0 Å². The molecule has 1 aromatic heterocycles. The van der Waals surface area contributed by atoms with Gasteiger partial charge in [0.2, 0.25) is 0 Å². The van der Waals surface area contributed by atoms with E-state index in [0.717, 1.165) is 4.47 Å². The molecule has 6 nitrogen and oxygen atoms in total. The van der Waals surface area contributed by atoms with E-state index in [4.69, 9.17) is 9.47 Å². The van der Waals surface area contributed by atoms with Gasteiger partial charge in [0.1, 0.15) is 11.4 Å². The molecule has 1 aliphatic rings. The standard InChI is InChI=1S/C24H24BrFN2O4/c1-24(2,3)32-23(30)28-13-18(16-9-8-15(25)12-20(16)28)22(29)27-10-11-31-14-21(27)17-6-4-5-7-19(17)26/h4-9,12-13,21H,10-11,14H2,1-3H3/t21-/m1/s1. The molecule has 0 N–H and O–H groups in total. The van der Waals surface area contributed by atoms with Crippen LogP contribution in [0.2, 0.25) is 0 Å². The maximum absolute atomic E-state index is 14.5. The zero-order valence-corrected chi connectivity index (χ0v) is 19.7. The van der Waals surface area contributed by atoms with Gasteiger partial charge in [-0.15, -0.1) is 0 Å². The fourth-order valence-corrected chi connectivity index (χ4v) is 4.19. The van der Waals surface area contributed by atoms with Gasteiger partial charge < -0.3 is 14.4 Å². The van der Waals surface area contributed by atoms with Crippen LogP contribution in [0.25, 0.3) is 10.9 Å². The number of halogens is 2. The normalized spacial score (nSPS) is 16.9. The molecule has 3 aromatic rings. The van der Waals surface area contributed by atoms with Crippen molar-refractivity contribution in [2.75, 3.05) is 19.8 Å². The third-order valence-electron chi connectivity index (χ3n) is 5.24. The number of rotatable bonds is 2. The second-order valence-electron chi connectivity index (χ2n) is 8.67. The molecule has 1 saturated heterocycles. The monoisotopic (exact) mass is 502 g/mol. The molecule has 0 spiro atoms. The first-order valence-electron chi connectivity index (χ1n) is 10.3. The van der Waals surface area contributed by atoms with Crippen LogP contribution in [-0.2, 0) is 9.47 Å². The van der Waals surface area contributed by atoms with E-state index in [1.807, 2.05) is 6.07 Å². The number of amides is 1. The van der Waals surface area contributed by atoms with Crippen LogP contribution in [-0.4, -0.2) is 46.8 Å². The molecular weight excluding hydrogens is 479 g/mol. The summed E-state index contributed by atoms with van der Waals surface area (Å²) >= 11 is 3.43. The van der Waals surface area contributed by atoms with Crippen LogP contribution in [0.4, 0.5) is 9.18 Å². The number of nitrogens with zero attached hydrogens (tertiary/aromatic N) is 2. The van der Waals surface area contributed by atoms with Gasteiger partial charge in [-0.3, -0.25) is 9.36 Å². The minimum atomic E-state index is -0.690. The van der Waals surface area contributed by atoms with Crippen LogP contribution in [0, 0.1) is 5.82 Å². The Kier molecular flexibility index (Phi) is 6.09. The fourth-order valence-electron chi connectivity index (χ4n) is 3.84. The van der Waals surface area contributed by atoms with Crippen LogP contribution >= 0.6 is 15.9 Å². The molecule has 0 unspecified atom stereocenters. The minimum Gasteiger partial charge on any atom is -0.443 e. The molecule has 8 heteroatoms. The van der Waals surface area contributed by atoms with Gasteiger partial charge in [-0.1, -0.05) is 40.2 Å². The summed E-state index contributed by atoms with van der Waals surface area (Å²) in [6.07, 6.45) is 0.925. The SMILES string of the molecule is CC(C)(C)OC(=O)n1cc(C(=O)N2CCOC[C@@H]2c2ccccc2F)c2ccc(Br)cc21. The van der Waals surface area contributed by atoms with E-state index >= 15 is 0 Å². The number of aromatic nitrogens is 1. The van der Waals surface area contributed by atoms with Crippen LogP contribution < -0.4 is 0 Å². The Morgan fingerprint density at radius 2 is 1.94 bits per heavy atom. The molecule has 1 amide bonds. The van der Waals surface area contributed by atoms with Gasteiger partial charge in [-0.05, 0) is 39.0 Å². The fraction of sp³-hybridized carbons (Fsp3) is 0.333. The molecule has 4 rings (SSSR count). The van der Waals surface area contributed by atoms with Gasteiger partial charge in [0, 0.05) is 28.2 Å². The van der Waals surface area contributed by atoms with Gasteiger partial charge in [0.05, 0.1) is 30.3 Å². The Balaban J connectivity index is 1.78. The van der Waals surface area contributed by atoms with E-state index in [0.29, 0.717) is 35.2 Å². The van der Waals surface area contributed by atoms with Crippen molar-refractivity contribution < 1.29 is 23.5 Å². The molecule has 2 aromatic carbocycles. The van der Waals surface area contributed by atoms with E-state index in [-0.39, 0.29) is 18.3 Å². The number of hydrogen-bond acceptors (Lipinski definition) is 4. The molecule has 2 heterocycles. The predicted molar refractivity (Wildman–Crippen MR) is 122 cm³/mol. The zero-order valence-electron chi connectivity index (χ0n) is 18.1. The highest BCUT2D eigenvalue weighted by atomic mass is 79.9. The van der Waals surface area contributed by atoms with Crippen molar-refractivity contribution in [2.24, 2.45) is 0 Å². The summed E-state index contributed by atoms with van der Waals surface area (Å²) < 4.78 is 27.7. The number of carbonyl (C=O) groups is 2. The highest BCUT2D eigenvalue weighted by Gasteiger charge is 2.33. The van der Waals surface area contributed by atoms with Gasteiger partial charge in [-0.2, -0.15) is 0 Å². The molecule has 1 fully saturated rings. The number of fused-ring (bicyclic) bond motifs is 1. The third kappa shape index (κ3) is 4.42. The summed E-state index contributed by atoms with van der Waals surface area (Å²) in [7, 11) is 0. The summed E-state index contributed by atoms with van der Waals surface area (Å²) in [5.74, 6) is -0.683. The number of ether oxygens (including phenoxy) is 2. The van der Waals surface area contributed by atoms with E-state index in [2.05, 4.69) is 15.9 Å². The quantitative estimate of drug-likeness (QED) is 0.461. The van der Waals surface area contributed by atoms with Crippen molar-refractivity contribution in [3.63, 3.8) is 0 Å². The Morgan fingerprint density at radius 1 is 1.19 bits per heavy atom. The molecular formula is C24H24BrFN2O4. The van der Waals surface area contributed by atoms with Gasteiger partial charge in [0.15, 0.2) is 0 Å². The maximum atomic E-state index is 14.5. The lowest BCUT2D eigenvalue weighted by Gasteiger charge is -2.36. The van der Waals surface area contributed by atoms with Crippen molar-refractivity contribution in [3.05, 3.63) is 70.1 Å². The van der Waals surface area contributed by atoms with Gasteiger partial charge in [0.25, 0.3) is 5.91 Å². The van der Waals surface area contributed by atoms with Gasteiger partial charge in [-0.25, -0.2) is 9.18 Å². The predicted octanol–water partition coefficient (Wildman–Crippen LogP) is 5.54. The second-order valence-corrected chi connectivity index (χ2v) is 9.58. The smallest absolute Gasteiger partial charge is 0.419 e. The Morgan fingerprint density at radius 3 is 2.66 bits per heavy atom. The first kappa shape index (κ1) is 22.5. The molecule has 0 radical (unpaired) electrons. The van der Waals surface area contributed by atoms with E-state index in [9.17, 15) is 14.0 Å². The third-order valence-corrected chi connectivity index (χ3v) is 5.74. The Hall–Kier alpha value is -2.71. The van der Waals surface area contributed by atoms with Crippen molar-refractivity contribution >= 4 is 38.8 Å². The van der Waals surface area contributed by atoms with E-state index < -0.39 is 17.7 Å². The number of carbonyl (C=O) groups excluding carboxylic acids is 2. The van der Waals surface area contributed by atoms with Crippen LogP contribution in [0.15, 0.2) is 53.1 Å². The summed E-state index contributed by atoms with van der Waals surface area (Å²) in [5.41, 5.74) is 0.609. The average Bonchev–Trinajstić information content (AvgIpc) is 3.11. The number of hydrogen-bond donors (Lipinski definition) is 0. The van der Waals surface area contributed by atoms with Crippen molar-refractivity contribution in [3.8, 4) is 0 Å². The molecule has 168 valence electrons. The molecule has 0 saturated carbocycles. The summed E-state index contributed by atoms with van der Waals surface area (Å²) in [5, 5.41) is 0.614.